The van der Waals surface area contributed by atoms with Gasteiger partial charge in [-0.2, -0.15) is 0 Å². The van der Waals surface area contributed by atoms with Crippen LogP contribution in [0.5, 0.6) is 0 Å². The second-order valence-corrected chi connectivity index (χ2v) is 4.04. The molecule has 4 heteroatoms. The zero-order chi connectivity index (χ0) is 12.0. The Balaban J connectivity index is 2.19. The highest BCUT2D eigenvalue weighted by atomic mass is 19.1. The van der Waals surface area contributed by atoms with E-state index in [1.165, 1.54) is 18.2 Å². The number of halogens is 1. The topological polar surface area (TPSA) is 43.1 Å². The molecule has 0 spiro atoms. The minimum Gasteiger partial charge on any atom is -0.258 e. The summed E-state index contributed by atoms with van der Waals surface area (Å²) in [6.07, 6.45) is 0.430. The average molecular weight is 229 g/mol. The fourth-order valence-electron chi connectivity index (χ4n) is 2.28. The Bertz CT molecular complexity index is 637. The first-order valence-corrected chi connectivity index (χ1v) is 5.22. The van der Waals surface area contributed by atoms with Gasteiger partial charge in [-0.25, -0.2) is 4.39 Å². The molecule has 2 aromatic carbocycles. The van der Waals surface area contributed by atoms with E-state index in [9.17, 15) is 14.5 Å². The first-order valence-electron chi connectivity index (χ1n) is 5.22. The van der Waals surface area contributed by atoms with Gasteiger partial charge < -0.3 is 0 Å². The van der Waals surface area contributed by atoms with Crippen molar-refractivity contribution in [2.45, 2.75) is 6.42 Å². The van der Waals surface area contributed by atoms with Crippen LogP contribution in [0.25, 0.3) is 11.1 Å². The van der Waals surface area contributed by atoms with Crippen molar-refractivity contribution in [1.82, 2.24) is 0 Å². The van der Waals surface area contributed by atoms with E-state index in [2.05, 4.69) is 0 Å². The van der Waals surface area contributed by atoms with Crippen LogP contribution in [0, 0.1) is 15.9 Å². The summed E-state index contributed by atoms with van der Waals surface area (Å²) in [5, 5.41) is 10.7. The Morgan fingerprint density at radius 3 is 2.76 bits per heavy atom. The number of nitrogens with zero attached hydrogens (tertiary/aromatic N) is 1. The minimum atomic E-state index is -0.431. The fourth-order valence-corrected chi connectivity index (χ4v) is 2.28. The SMILES string of the molecule is O=[N+]([O-])c1ccc2c(c1)Cc1c(F)cccc1-2. The van der Waals surface area contributed by atoms with Crippen LogP contribution in [-0.4, -0.2) is 4.92 Å². The number of rotatable bonds is 1. The van der Waals surface area contributed by atoms with Crippen LogP contribution in [0.3, 0.4) is 0 Å². The molecule has 0 aliphatic heterocycles. The first kappa shape index (κ1) is 9.96. The van der Waals surface area contributed by atoms with Crippen molar-refractivity contribution in [3.8, 4) is 11.1 Å². The van der Waals surface area contributed by atoms with Gasteiger partial charge >= 0.3 is 0 Å². The van der Waals surface area contributed by atoms with Gasteiger partial charge in [-0.15, -0.1) is 0 Å². The van der Waals surface area contributed by atoms with E-state index in [1.54, 1.807) is 12.1 Å². The number of hydrogen-bond acceptors (Lipinski definition) is 2. The molecule has 0 atom stereocenters. The van der Waals surface area contributed by atoms with E-state index in [0.717, 1.165) is 16.7 Å². The maximum absolute atomic E-state index is 13.6. The summed E-state index contributed by atoms with van der Waals surface area (Å²) in [5.41, 5.74) is 3.24. The molecule has 17 heavy (non-hydrogen) atoms. The number of non-ortho nitro benzene ring substituents is 1. The molecule has 0 heterocycles. The van der Waals surface area contributed by atoms with E-state index in [1.807, 2.05) is 6.07 Å². The Morgan fingerprint density at radius 1 is 1.18 bits per heavy atom. The molecular weight excluding hydrogens is 221 g/mol. The Labute approximate surface area is 96.7 Å². The van der Waals surface area contributed by atoms with Crippen molar-refractivity contribution in [3.63, 3.8) is 0 Å². The van der Waals surface area contributed by atoms with Crippen molar-refractivity contribution in [3.05, 3.63) is 63.5 Å². The molecule has 0 fully saturated rings. The molecule has 3 nitrogen and oxygen atoms in total. The molecule has 0 aromatic heterocycles. The summed E-state index contributed by atoms with van der Waals surface area (Å²) < 4.78 is 13.6. The molecule has 0 amide bonds. The third-order valence-corrected chi connectivity index (χ3v) is 3.08. The van der Waals surface area contributed by atoms with Gasteiger partial charge in [0.2, 0.25) is 0 Å². The monoisotopic (exact) mass is 229 g/mol. The minimum absolute atomic E-state index is 0.0527. The van der Waals surface area contributed by atoms with Crippen LogP contribution >= 0.6 is 0 Å². The number of nitro groups is 1. The Kier molecular flexibility index (Phi) is 1.98. The highest BCUT2D eigenvalue weighted by molar-refractivity contribution is 5.77. The molecule has 0 radical (unpaired) electrons. The van der Waals surface area contributed by atoms with Crippen LogP contribution in [0.4, 0.5) is 10.1 Å². The van der Waals surface area contributed by atoms with Crippen molar-refractivity contribution in [2.75, 3.05) is 0 Å². The Hall–Kier alpha value is -2.23. The van der Waals surface area contributed by atoms with E-state index in [4.69, 9.17) is 0 Å². The second kappa shape index (κ2) is 3.38. The van der Waals surface area contributed by atoms with Gasteiger partial charge in [0.05, 0.1) is 4.92 Å². The third-order valence-electron chi connectivity index (χ3n) is 3.08. The lowest BCUT2D eigenvalue weighted by Crippen LogP contribution is -1.89. The van der Waals surface area contributed by atoms with Gasteiger partial charge in [0.15, 0.2) is 0 Å². The molecular formula is C13H8FNO2. The summed E-state index contributed by atoms with van der Waals surface area (Å²) in [4.78, 5) is 10.2. The summed E-state index contributed by atoms with van der Waals surface area (Å²) >= 11 is 0. The lowest BCUT2D eigenvalue weighted by atomic mass is 10.1. The van der Waals surface area contributed by atoms with E-state index in [0.29, 0.717) is 12.0 Å². The van der Waals surface area contributed by atoms with Gasteiger partial charge in [0.25, 0.3) is 5.69 Å². The van der Waals surface area contributed by atoms with Crippen molar-refractivity contribution in [2.24, 2.45) is 0 Å². The maximum Gasteiger partial charge on any atom is 0.269 e. The largest absolute Gasteiger partial charge is 0.269 e. The number of fused-ring (bicyclic) bond motifs is 3. The van der Waals surface area contributed by atoms with Crippen molar-refractivity contribution >= 4 is 5.69 Å². The van der Waals surface area contributed by atoms with Gasteiger partial charge in [0, 0.05) is 24.1 Å². The highest BCUT2D eigenvalue weighted by Gasteiger charge is 2.23. The van der Waals surface area contributed by atoms with Gasteiger partial charge in [-0.1, -0.05) is 12.1 Å². The molecule has 1 aliphatic rings. The zero-order valence-corrected chi connectivity index (χ0v) is 8.81. The predicted octanol–water partition coefficient (Wildman–Crippen LogP) is 3.31. The maximum atomic E-state index is 13.6. The Morgan fingerprint density at radius 2 is 2.00 bits per heavy atom. The summed E-state index contributed by atoms with van der Waals surface area (Å²) in [6.45, 7) is 0. The van der Waals surface area contributed by atoms with Crippen molar-refractivity contribution < 1.29 is 9.31 Å². The van der Waals surface area contributed by atoms with Gasteiger partial charge in [-0.3, -0.25) is 10.1 Å². The molecule has 0 bridgehead atoms. The molecule has 0 saturated heterocycles. The molecule has 84 valence electrons. The van der Waals surface area contributed by atoms with E-state index < -0.39 is 4.92 Å². The lowest BCUT2D eigenvalue weighted by Gasteiger charge is -2.00. The standard InChI is InChI=1S/C13H8FNO2/c14-13-3-1-2-11-10-5-4-9(15(16)17)6-8(10)7-12(11)13/h1-6H,7H2. The van der Waals surface area contributed by atoms with Crippen LogP contribution < -0.4 is 0 Å². The van der Waals surface area contributed by atoms with Gasteiger partial charge in [0.1, 0.15) is 5.82 Å². The summed E-state index contributed by atoms with van der Waals surface area (Å²) in [7, 11) is 0. The molecule has 0 saturated carbocycles. The summed E-state index contributed by atoms with van der Waals surface area (Å²) in [6, 6.07) is 9.59. The molecule has 1 aliphatic carbocycles. The average Bonchev–Trinajstić information content (AvgIpc) is 2.68. The third kappa shape index (κ3) is 1.41. The number of hydrogen-bond donors (Lipinski definition) is 0. The van der Waals surface area contributed by atoms with Crippen LogP contribution in [0.2, 0.25) is 0 Å². The molecule has 0 N–H and O–H groups in total. The number of benzene rings is 2. The quantitative estimate of drug-likeness (QED) is 0.474. The van der Waals surface area contributed by atoms with E-state index in [-0.39, 0.29) is 11.5 Å². The van der Waals surface area contributed by atoms with Crippen LogP contribution in [0.1, 0.15) is 11.1 Å². The molecule has 0 unspecified atom stereocenters. The predicted molar refractivity (Wildman–Crippen MR) is 61.3 cm³/mol. The van der Waals surface area contributed by atoms with Crippen molar-refractivity contribution in [1.29, 1.82) is 0 Å². The van der Waals surface area contributed by atoms with Crippen LogP contribution in [-0.2, 0) is 6.42 Å². The second-order valence-electron chi connectivity index (χ2n) is 4.04. The smallest absolute Gasteiger partial charge is 0.258 e. The normalized spacial score (nSPS) is 12.1. The highest BCUT2D eigenvalue weighted by Crippen LogP contribution is 2.39. The summed E-state index contributed by atoms with van der Waals surface area (Å²) in [5.74, 6) is -0.249. The fraction of sp³-hybridized carbons (Fsp3) is 0.0769. The van der Waals surface area contributed by atoms with Crippen LogP contribution in [0.15, 0.2) is 36.4 Å². The zero-order valence-electron chi connectivity index (χ0n) is 8.81. The number of nitro benzene ring substituents is 1. The molecule has 3 rings (SSSR count). The van der Waals surface area contributed by atoms with Gasteiger partial charge in [-0.05, 0) is 28.8 Å². The molecule has 2 aromatic rings. The van der Waals surface area contributed by atoms with E-state index >= 15 is 0 Å². The first-order chi connectivity index (χ1) is 8.16. The lowest BCUT2D eigenvalue weighted by molar-refractivity contribution is -0.384.